The molecule has 7 aromatic rings. The number of ether oxygens (including phenoxy) is 2. The summed E-state index contributed by atoms with van der Waals surface area (Å²) in [6.07, 6.45) is 9.68. The predicted molar refractivity (Wildman–Crippen MR) is 249 cm³/mol. The van der Waals surface area contributed by atoms with Crippen molar-refractivity contribution in [3.8, 4) is 17.6 Å². The molecular weight excluding hydrogens is 737 g/mol. The lowest BCUT2D eigenvalue weighted by Gasteiger charge is -2.25. The lowest BCUT2D eigenvalue weighted by Crippen LogP contribution is -2.09. The Hall–Kier alpha value is -7.80. The summed E-state index contributed by atoms with van der Waals surface area (Å²) in [7, 11) is 0. The van der Waals surface area contributed by atoms with Gasteiger partial charge in [0.25, 0.3) is 0 Å². The Morgan fingerprint density at radius 2 is 0.883 bits per heavy atom. The van der Waals surface area contributed by atoms with Gasteiger partial charge >= 0.3 is 0 Å². The van der Waals surface area contributed by atoms with Gasteiger partial charge in [0.05, 0.1) is 31.4 Å². The highest BCUT2D eigenvalue weighted by molar-refractivity contribution is 5.84. The molecule has 60 heavy (non-hydrogen) atoms. The highest BCUT2D eigenvalue weighted by atomic mass is 16.5. The summed E-state index contributed by atoms with van der Waals surface area (Å²) in [4.78, 5) is 8.25. The van der Waals surface area contributed by atoms with Crippen LogP contribution in [0, 0.1) is 17.9 Å². The van der Waals surface area contributed by atoms with Crippen LogP contribution in [0.4, 0.5) is 39.8 Å². The molecule has 0 fully saturated rings. The van der Waals surface area contributed by atoms with Gasteiger partial charge in [0, 0.05) is 34.1 Å². The van der Waals surface area contributed by atoms with E-state index in [-0.39, 0.29) is 0 Å². The Labute approximate surface area is 354 Å². The van der Waals surface area contributed by atoms with Crippen molar-refractivity contribution in [2.24, 2.45) is 0 Å². The van der Waals surface area contributed by atoms with Gasteiger partial charge in [-0.2, -0.15) is 5.26 Å². The summed E-state index contributed by atoms with van der Waals surface area (Å²) in [5, 5.41) is 10.2. The Balaban J connectivity index is 1.08. The highest BCUT2D eigenvalue weighted by Crippen LogP contribution is 2.37. The van der Waals surface area contributed by atoms with E-state index in [0.717, 1.165) is 69.6 Å². The van der Waals surface area contributed by atoms with Crippen LogP contribution in [-0.4, -0.2) is 13.2 Å². The molecule has 0 spiro atoms. The van der Waals surface area contributed by atoms with Crippen molar-refractivity contribution in [3.05, 3.63) is 209 Å². The third-order valence-corrected chi connectivity index (χ3v) is 9.82. The highest BCUT2D eigenvalue weighted by Gasteiger charge is 2.14. The molecule has 7 aromatic carbocycles. The third kappa shape index (κ3) is 10.0. The maximum Gasteiger partial charge on any atom is 0.194 e. The summed E-state index contributed by atoms with van der Waals surface area (Å²) in [6, 6.07) is 59.4. The maximum atomic E-state index is 10.2. The number of benzene rings is 7. The molecule has 0 aliphatic rings. The SMILES string of the molecule is [C-]#[N+]c1cc(/C=C/c2ccc(N(c3ccccc3)c3ccc(OCCC)cc3)cc2)c(C#N)cc1/C=C/c1ccc(N(c2ccccc2)c2ccc(OCCC)cc2)cc1. The number of para-hydroxylation sites is 2. The zero-order valence-corrected chi connectivity index (χ0v) is 33.9. The molecular formula is C54H46N4O2. The Morgan fingerprint density at radius 1 is 0.500 bits per heavy atom. The number of hydrogen-bond donors (Lipinski definition) is 0. The summed E-state index contributed by atoms with van der Waals surface area (Å²) < 4.78 is 11.6. The van der Waals surface area contributed by atoms with Crippen LogP contribution < -0.4 is 19.3 Å². The van der Waals surface area contributed by atoms with Gasteiger partial charge in [-0.25, -0.2) is 4.85 Å². The molecule has 0 bridgehead atoms. The van der Waals surface area contributed by atoms with Crippen molar-refractivity contribution in [1.82, 2.24) is 0 Å². The van der Waals surface area contributed by atoms with E-state index in [9.17, 15) is 5.26 Å². The van der Waals surface area contributed by atoms with Crippen molar-refractivity contribution >= 4 is 64.1 Å². The van der Waals surface area contributed by atoms with E-state index in [4.69, 9.17) is 16.0 Å². The van der Waals surface area contributed by atoms with Gasteiger partial charge in [-0.3, -0.25) is 0 Å². The number of rotatable bonds is 16. The molecule has 0 aliphatic heterocycles. The normalized spacial score (nSPS) is 10.9. The molecule has 0 aromatic heterocycles. The average molecular weight is 783 g/mol. The van der Waals surface area contributed by atoms with E-state index < -0.39 is 0 Å². The van der Waals surface area contributed by atoms with E-state index in [1.165, 1.54) is 0 Å². The van der Waals surface area contributed by atoms with Crippen molar-refractivity contribution in [3.63, 3.8) is 0 Å². The Morgan fingerprint density at radius 3 is 1.27 bits per heavy atom. The molecule has 0 unspecified atom stereocenters. The molecule has 6 heteroatoms. The van der Waals surface area contributed by atoms with E-state index >= 15 is 0 Å². The van der Waals surface area contributed by atoms with Crippen molar-refractivity contribution in [2.45, 2.75) is 26.7 Å². The van der Waals surface area contributed by atoms with Crippen LogP contribution in [0.1, 0.15) is 54.5 Å². The van der Waals surface area contributed by atoms with Gasteiger partial charge in [0.2, 0.25) is 0 Å². The van der Waals surface area contributed by atoms with Gasteiger partial charge in [-0.1, -0.05) is 98.8 Å². The molecule has 0 amide bonds. The van der Waals surface area contributed by atoms with Crippen LogP contribution in [0.15, 0.2) is 170 Å². The summed E-state index contributed by atoms with van der Waals surface area (Å²) in [5.41, 5.74) is 10.5. The second kappa shape index (κ2) is 20.1. The molecule has 0 saturated carbocycles. The fraction of sp³-hybridized carbons (Fsp3) is 0.111. The van der Waals surface area contributed by atoms with Crippen molar-refractivity contribution in [2.75, 3.05) is 23.0 Å². The van der Waals surface area contributed by atoms with Crippen LogP contribution >= 0.6 is 0 Å². The van der Waals surface area contributed by atoms with Gasteiger partial charge < -0.3 is 19.3 Å². The molecule has 7 rings (SSSR count). The Bertz CT molecular complexity index is 2420. The standard InChI is InChI=1S/C54H46N4O2/c1-4-36-59-52-32-28-50(29-33-52)57(46-12-8-6-9-13-46)48-24-18-41(19-25-48)16-22-43-39-54(56-3)44(38-45(43)40-55)23-17-42-20-26-49(27-21-42)58(47-14-10-7-11-15-47)51-30-34-53(35-31-51)60-37-5-2/h6-35,38-39H,4-5,36-37H2,1-2H3/b22-16+,23-17+. The second-order valence-electron chi connectivity index (χ2n) is 14.1. The van der Waals surface area contributed by atoms with E-state index in [0.29, 0.717) is 35.6 Å². The van der Waals surface area contributed by atoms with Crippen LogP contribution in [-0.2, 0) is 0 Å². The number of anilines is 6. The topological polar surface area (TPSA) is 53.1 Å². The number of hydrogen-bond acceptors (Lipinski definition) is 5. The van der Waals surface area contributed by atoms with Crippen LogP contribution in [0.5, 0.6) is 11.5 Å². The molecule has 0 saturated heterocycles. The Kier molecular flexibility index (Phi) is 13.5. The van der Waals surface area contributed by atoms with Gasteiger partial charge in [-0.05, 0) is 144 Å². The lowest BCUT2D eigenvalue weighted by atomic mass is 10.0. The number of nitriles is 1. The van der Waals surface area contributed by atoms with Crippen LogP contribution in [0.2, 0.25) is 0 Å². The molecule has 0 radical (unpaired) electrons. The molecule has 0 N–H and O–H groups in total. The monoisotopic (exact) mass is 782 g/mol. The largest absolute Gasteiger partial charge is 0.494 e. The summed E-state index contributed by atoms with van der Waals surface area (Å²) in [6.45, 7) is 13.5. The minimum absolute atomic E-state index is 0.475. The predicted octanol–water partition coefficient (Wildman–Crippen LogP) is 15.0. The van der Waals surface area contributed by atoms with Crippen molar-refractivity contribution < 1.29 is 9.47 Å². The fourth-order valence-corrected chi connectivity index (χ4v) is 6.80. The van der Waals surface area contributed by atoms with Crippen LogP contribution in [0.25, 0.3) is 29.1 Å². The third-order valence-electron chi connectivity index (χ3n) is 9.82. The van der Waals surface area contributed by atoms with Crippen molar-refractivity contribution in [1.29, 1.82) is 5.26 Å². The first-order chi connectivity index (χ1) is 29.6. The van der Waals surface area contributed by atoms with E-state index in [1.54, 1.807) is 12.1 Å². The number of nitrogens with zero attached hydrogens (tertiary/aromatic N) is 4. The zero-order valence-electron chi connectivity index (χ0n) is 33.9. The van der Waals surface area contributed by atoms with Crippen LogP contribution in [0.3, 0.4) is 0 Å². The summed E-state index contributed by atoms with van der Waals surface area (Å²) >= 11 is 0. The molecule has 6 nitrogen and oxygen atoms in total. The maximum absolute atomic E-state index is 10.2. The molecule has 0 aliphatic carbocycles. The van der Waals surface area contributed by atoms with Gasteiger partial charge in [0.15, 0.2) is 5.69 Å². The fourth-order valence-electron chi connectivity index (χ4n) is 6.80. The lowest BCUT2D eigenvalue weighted by molar-refractivity contribution is 0.317. The molecule has 0 heterocycles. The first kappa shape index (κ1) is 40.4. The van der Waals surface area contributed by atoms with E-state index in [2.05, 4.69) is 132 Å². The second-order valence-corrected chi connectivity index (χ2v) is 14.1. The minimum Gasteiger partial charge on any atom is -0.494 e. The minimum atomic E-state index is 0.475. The first-order valence-corrected chi connectivity index (χ1v) is 20.2. The average Bonchev–Trinajstić information content (AvgIpc) is 3.31. The van der Waals surface area contributed by atoms with Gasteiger partial charge in [-0.15, -0.1) is 0 Å². The quantitative estimate of drug-likeness (QED) is 0.0722. The van der Waals surface area contributed by atoms with Gasteiger partial charge in [0.1, 0.15) is 11.5 Å². The van der Waals surface area contributed by atoms with E-state index in [1.807, 2.05) is 85.0 Å². The zero-order chi connectivity index (χ0) is 41.5. The molecule has 294 valence electrons. The first-order valence-electron chi connectivity index (χ1n) is 20.2. The smallest absolute Gasteiger partial charge is 0.194 e. The molecule has 0 atom stereocenters. The summed E-state index contributed by atoms with van der Waals surface area (Å²) in [5.74, 6) is 1.70.